The van der Waals surface area contributed by atoms with Gasteiger partial charge in [-0.25, -0.2) is 0 Å². The number of anilines is 1. The molecule has 1 aromatic heterocycles. The number of fused-ring (bicyclic) bond motifs is 1. The Morgan fingerprint density at radius 1 is 1.06 bits per heavy atom. The minimum Gasteiger partial charge on any atom is -0.496 e. The highest BCUT2D eigenvalue weighted by Gasteiger charge is 2.10. The summed E-state index contributed by atoms with van der Waals surface area (Å²) in [6.45, 7) is 1.36. The zero-order valence-electron chi connectivity index (χ0n) is 19.5. The highest BCUT2D eigenvalue weighted by Crippen LogP contribution is 2.28. The number of nitrogens with one attached hydrogen (secondary N) is 3. The summed E-state index contributed by atoms with van der Waals surface area (Å²) in [4.78, 5) is 16.7. The van der Waals surface area contributed by atoms with Crippen LogP contribution < -0.4 is 20.1 Å². The summed E-state index contributed by atoms with van der Waals surface area (Å²) in [6.07, 6.45) is -0.632. The van der Waals surface area contributed by atoms with E-state index >= 15 is 0 Å². The molecule has 35 heavy (non-hydrogen) atoms. The Labute approximate surface area is 208 Å². The fraction of sp³-hybridized carbons (Fsp3) is 0.222. The molecule has 0 radical (unpaired) electrons. The average molecular weight is 492 g/mol. The largest absolute Gasteiger partial charge is 0.496 e. The third kappa shape index (κ3) is 7.02. The SMILES string of the molecule is COc1ccccc1SCCNCC(O)COc1ccc(NC(=O)c2cc3ccccc3[nH]2)cc1. The maximum absolute atomic E-state index is 12.5. The predicted molar refractivity (Wildman–Crippen MR) is 141 cm³/mol. The monoisotopic (exact) mass is 491 g/mol. The van der Waals surface area contributed by atoms with Crippen LogP contribution in [0.15, 0.2) is 83.8 Å². The summed E-state index contributed by atoms with van der Waals surface area (Å²) < 4.78 is 11.0. The van der Waals surface area contributed by atoms with Crippen molar-refractivity contribution < 1.29 is 19.4 Å². The number of benzene rings is 3. The number of thioether (sulfide) groups is 1. The molecule has 0 aliphatic heterocycles. The number of para-hydroxylation sites is 2. The number of ether oxygens (including phenoxy) is 2. The summed E-state index contributed by atoms with van der Waals surface area (Å²) >= 11 is 1.71. The second-order valence-electron chi connectivity index (χ2n) is 7.92. The van der Waals surface area contributed by atoms with Gasteiger partial charge in [-0.1, -0.05) is 30.3 Å². The molecule has 8 heteroatoms. The van der Waals surface area contributed by atoms with E-state index in [0.29, 0.717) is 23.7 Å². The molecule has 1 heterocycles. The van der Waals surface area contributed by atoms with Crippen LogP contribution in [0.4, 0.5) is 5.69 Å². The Balaban J connectivity index is 1.15. The van der Waals surface area contributed by atoms with E-state index in [0.717, 1.165) is 33.8 Å². The van der Waals surface area contributed by atoms with Gasteiger partial charge in [0.25, 0.3) is 5.91 Å². The Bertz CT molecular complexity index is 1210. The van der Waals surface area contributed by atoms with Crippen molar-refractivity contribution in [3.63, 3.8) is 0 Å². The number of aromatic nitrogens is 1. The van der Waals surface area contributed by atoms with Crippen molar-refractivity contribution in [1.82, 2.24) is 10.3 Å². The van der Waals surface area contributed by atoms with Crippen LogP contribution in [0, 0.1) is 0 Å². The maximum atomic E-state index is 12.5. The number of hydrogen-bond donors (Lipinski definition) is 4. The van der Waals surface area contributed by atoms with E-state index in [9.17, 15) is 9.90 Å². The quantitative estimate of drug-likeness (QED) is 0.172. The van der Waals surface area contributed by atoms with E-state index < -0.39 is 6.10 Å². The summed E-state index contributed by atoms with van der Waals surface area (Å²) in [6, 6.07) is 24.6. The minimum atomic E-state index is -0.632. The van der Waals surface area contributed by atoms with Crippen LogP contribution in [0.1, 0.15) is 10.5 Å². The lowest BCUT2D eigenvalue weighted by atomic mass is 10.2. The van der Waals surface area contributed by atoms with Crippen molar-refractivity contribution in [3.8, 4) is 11.5 Å². The molecule has 182 valence electrons. The number of carbonyl (C=O) groups is 1. The molecule has 0 saturated heterocycles. The number of methoxy groups -OCH3 is 1. The van der Waals surface area contributed by atoms with Gasteiger partial charge < -0.3 is 30.2 Å². The van der Waals surface area contributed by atoms with Crippen LogP contribution in [-0.2, 0) is 0 Å². The van der Waals surface area contributed by atoms with E-state index in [-0.39, 0.29) is 12.5 Å². The van der Waals surface area contributed by atoms with Gasteiger partial charge in [0.1, 0.15) is 29.9 Å². The third-order valence-electron chi connectivity index (χ3n) is 5.31. The second kappa shape index (κ2) is 12.3. The van der Waals surface area contributed by atoms with Gasteiger partial charge in [0.2, 0.25) is 0 Å². The fourth-order valence-corrected chi connectivity index (χ4v) is 4.45. The normalized spacial score (nSPS) is 11.8. The van der Waals surface area contributed by atoms with E-state index in [1.807, 2.05) is 54.6 Å². The first-order valence-electron chi connectivity index (χ1n) is 11.4. The molecule has 4 rings (SSSR count). The molecule has 0 bridgehead atoms. The second-order valence-corrected chi connectivity index (χ2v) is 9.05. The molecule has 0 aliphatic rings. The molecule has 4 aromatic rings. The lowest BCUT2D eigenvalue weighted by Crippen LogP contribution is -2.32. The highest BCUT2D eigenvalue weighted by atomic mass is 32.2. The van der Waals surface area contributed by atoms with Gasteiger partial charge in [-0.3, -0.25) is 4.79 Å². The first-order valence-corrected chi connectivity index (χ1v) is 12.4. The van der Waals surface area contributed by atoms with Gasteiger partial charge in [-0.05, 0) is 48.5 Å². The molecule has 1 atom stereocenters. The number of rotatable bonds is 12. The van der Waals surface area contributed by atoms with Crippen LogP contribution in [0.3, 0.4) is 0 Å². The molecule has 1 amide bonds. The molecule has 0 spiro atoms. The number of hydrogen-bond acceptors (Lipinski definition) is 6. The van der Waals surface area contributed by atoms with Crippen LogP contribution in [0.5, 0.6) is 11.5 Å². The summed E-state index contributed by atoms with van der Waals surface area (Å²) in [5, 5.41) is 17.3. The van der Waals surface area contributed by atoms with Gasteiger partial charge in [-0.15, -0.1) is 11.8 Å². The van der Waals surface area contributed by atoms with Crippen LogP contribution in [0.2, 0.25) is 0 Å². The summed E-state index contributed by atoms with van der Waals surface area (Å²) in [5.74, 6) is 2.15. The van der Waals surface area contributed by atoms with Crippen molar-refractivity contribution in [2.24, 2.45) is 0 Å². The van der Waals surface area contributed by atoms with Crippen LogP contribution >= 0.6 is 11.8 Å². The van der Waals surface area contributed by atoms with E-state index in [2.05, 4.69) is 15.6 Å². The molecule has 3 aromatic carbocycles. The topological polar surface area (TPSA) is 95.6 Å². The maximum Gasteiger partial charge on any atom is 0.272 e. The Morgan fingerprint density at radius 2 is 1.83 bits per heavy atom. The van der Waals surface area contributed by atoms with Crippen molar-refractivity contribution in [2.75, 3.05) is 37.9 Å². The fourth-order valence-electron chi connectivity index (χ4n) is 3.52. The van der Waals surface area contributed by atoms with Crippen molar-refractivity contribution in [3.05, 3.63) is 84.6 Å². The lowest BCUT2D eigenvalue weighted by Gasteiger charge is -2.14. The molecular formula is C27H29N3O4S. The van der Waals surface area contributed by atoms with Gasteiger partial charge in [0.15, 0.2) is 0 Å². The van der Waals surface area contributed by atoms with E-state index in [1.54, 1.807) is 43.1 Å². The molecular weight excluding hydrogens is 462 g/mol. The lowest BCUT2D eigenvalue weighted by molar-refractivity contribution is 0.102. The molecule has 1 unspecified atom stereocenters. The molecule has 0 saturated carbocycles. The van der Waals surface area contributed by atoms with E-state index in [4.69, 9.17) is 9.47 Å². The standard InChI is InChI=1S/C27H29N3O4S/c1-33-25-8-4-5-9-26(25)35-15-14-28-17-21(31)18-34-22-12-10-20(11-13-22)29-27(32)24-16-19-6-2-3-7-23(19)30-24/h2-13,16,21,28,30-31H,14-15,17-18H2,1H3,(H,29,32). The minimum absolute atomic E-state index is 0.174. The van der Waals surface area contributed by atoms with Gasteiger partial charge in [-0.2, -0.15) is 0 Å². The molecule has 0 aliphatic carbocycles. The van der Waals surface area contributed by atoms with Gasteiger partial charge in [0.05, 0.1) is 7.11 Å². The third-order valence-corrected chi connectivity index (χ3v) is 6.37. The predicted octanol–water partition coefficient (Wildman–Crippen LogP) is 4.55. The number of aromatic amines is 1. The van der Waals surface area contributed by atoms with Crippen molar-refractivity contribution in [2.45, 2.75) is 11.0 Å². The smallest absolute Gasteiger partial charge is 0.272 e. The molecule has 7 nitrogen and oxygen atoms in total. The number of aliphatic hydroxyl groups is 1. The zero-order chi connectivity index (χ0) is 24.5. The Hall–Kier alpha value is -3.46. The zero-order valence-corrected chi connectivity index (χ0v) is 20.3. The number of H-pyrrole nitrogens is 1. The van der Waals surface area contributed by atoms with Crippen molar-refractivity contribution in [1.29, 1.82) is 0 Å². The highest BCUT2D eigenvalue weighted by molar-refractivity contribution is 7.99. The first-order chi connectivity index (χ1) is 17.1. The molecule has 4 N–H and O–H groups in total. The Morgan fingerprint density at radius 3 is 2.63 bits per heavy atom. The number of amides is 1. The van der Waals surface area contributed by atoms with Crippen LogP contribution in [0.25, 0.3) is 10.9 Å². The first kappa shape index (κ1) is 24.7. The number of aliphatic hydroxyl groups excluding tert-OH is 1. The number of carbonyl (C=O) groups excluding carboxylic acids is 1. The Kier molecular flexibility index (Phi) is 8.67. The van der Waals surface area contributed by atoms with Gasteiger partial charge in [0, 0.05) is 40.3 Å². The van der Waals surface area contributed by atoms with E-state index in [1.165, 1.54) is 0 Å². The molecule has 0 fully saturated rings. The summed E-state index contributed by atoms with van der Waals surface area (Å²) in [7, 11) is 1.67. The van der Waals surface area contributed by atoms with Crippen LogP contribution in [-0.4, -0.2) is 54.7 Å². The average Bonchev–Trinajstić information content (AvgIpc) is 3.33. The van der Waals surface area contributed by atoms with Crippen molar-refractivity contribution >= 4 is 34.3 Å². The summed E-state index contributed by atoms with van der Waals surface area (Å²) in [5.41, 5.74) is 2.09. The van der Waals surface area contributed by atoms with Gasteiger partial charge >= 0.3 is 0 Å².